The summed E-state index contributed by atoms with van der Waals surface area (Å²) < 4.78 is 0. The highest BCUT2D eigenvalue weighted by Crippen LogP contribution is 2.28. The van der Waals surface area contributed by atoms with Crippen molar-refractivity contribution in [2.45, 2.75) is 20.8 Å². The summed E-state index contributed by atoms with van der Waals surface area (Å²) in [5.74, 6) is 0. The summed E-state index contributed by atoms with van der Waals surface area (Å²) in [4.78, 5) is 15.4. The first-order valence-electron chi connectivity index (χ1n) is 17.7. The Morgan fingerprint density at radius 1 is 0.327 bits per heavy atom. The Balaban J connectivity index is 1.43. The average molecular weight is 674 g/mol. The second-order valence-electron chi connectivity index (χ2n) is 13.9. The molecule has 0 amide bonds. The zero-order valence-electron chi connectivity index (χ0n) is 29.4. The lowest BCUT2D eigenvalue weighted by Gasteiger charge is -2.10. The third kappa shape index (κ3) is 5.62. The Bertz CT molecular complexity index is 2850. The van der Waals surface area contributed by atoms with Gasteiger partial charge < -0.3 is 25.7 Å². The van der Waals surface area contributed by atoms with Gasteiger partial charge in [-0.25, -0.2) is 0 Å². The van der Waals surface area contributed by atoms with E-state index in [9.17, 15) is 0 Å². The number of nitrogens with two attached hydrogens (primary N) is 1. The lowest BCUT2D eigenvalue weighted by Crippen LogP contribution is -2.19. The van der Waals surface area contributed by atoms with Gasteiger partial charge in [-0.15, -0.1) is 0 Å². The van der Waals surface area contributed by atoms with Gasteiger partial charge in [0.15, 0.2) is 0 Å². The molecule has 5 nitrogen and oxygen atoms in total. The summed E-state index contributed by atoms with van der Waals surface area (Å²) in [5.41, 5.74) is 23.6. The molecule has 4 aromatic heterocycles. The van der Waals surface area contributed by atoms with Crippen molar-refractivity contribution in [1.82, 2.24) is 19.9 Å². The van der Waals surface area contributed by atoms with E-state index in [1.807, 2.05) is 18.2 Å². The van der Waals surface area contributed by atoms with E-state index in [0.717, 1.165) is 88.7 Å². The van der Waals surface area contributed by atoms with E-state index in [4.69, 9.17) is 5.73 Å². The minimum absolute atomic E-state index is 0.716. The topological polar surface area (TPSA) is 89.2 Å². The molecular formula is C47H39N5. The number of hydrogen-bond donors (Lipinski definition) is 5. The maximum Gasteiger partial charge on any atom is 0.0485 e. The normalized spacial score (nSPS) is 12.8. The molecule has 8 bridgehead atoms. The number of nitrogen functional groups attached to an aromatic ring is 1. The summed E-state index contributed by atoms with van der Waals surface area (Å²) >= 11 is 0. The maximum absolute atomic E-state index is 6.39. The largest absolute Gasteiger partial charge is 0.399 e. The molecule has 6 N–H and O–H groups in total. The van der Waals surface area contributed by atoms with Gasteiger partial charge >= 0.3 is 0 Å². The molecule has 1 aliphatic heterocycles. The zero-order valence-corrected chi connectivity index (χ0v) is 29.4. The van der Waals surface area contributed by atoms with E-state index in [0.29, 0.717) is 5.69 Å². The molecule has 9 rings (SSSR count). The summed E-state index contributed by atoms with van der Waals surface area (Å²) in [6.07, 6.45) is 0. The van der Waals surface area contributed by atoms with Crippen LogP contribution in [0.4, 0.5) is 5.69 Å². The number of fused-ring (bicyclic) bond motifs is 8. The first kappa shape index (κ1) is 31.3. The Labute approximate surface area is 302 Å². The van der Waals surface area contributed by atoms with Gasteiger partial charge in [0.25, 0.3) is 0 Å². The highest BCUT2D eigenvalue weighted by molar-refractivity contribution is 5.85. The van der Waals surface area contributed by atoms with Crippen LogP contribution in [0.1, 0.15) is 61.7 Å². The predicted octanol–water partition coefficient (Wildman–Crippen LogP) is 6.81. The molecule has 0 unspecified atom stereocenters. The molecule has 0 radical (unpaired) electrons. The number of aromatic nitrogens is 4. The van der Waals surface area contributed by atoms with Crippen molar-refractivity contribution in [3.05, 3.63) is 229 Å². The van der Waals surface area contributed by atoms with Crippen LogP contribution in [-0.4, -0.2) is 19.9 Å². The molecule has 1 aliphatic rings. The first-order valence-corrected chi connectivity index (χ1v) is 17.7. The first-order chi connectivity index (χ1) is 25.4. The smallest absolute Gasteiger partial charge is 0.0485 e. The van der Waals surface area contributed by atoms with Crippen molar-refractivity contribution in [2.24, 2.45) is 0 Å². The maximum atomic E-state index is 6.39. The van der Waals surface area contributed by atoms with Crippen LogP contribution in [0.5, 0.6) is 0 Å². The van der Waals surface area contributed by atoms with Crippen LogP contribution < -0.4 is 27.1 Å². The van der Waals surface area contributed by atoms with Crippen molar-refractivity contribution >= 4 is 28.0 Å². The lowest BCUT2D eigenvalue weighted by atomic mass is 10.0. The Hall–Kier alpha value is -6.72. The minimum Gasteiger partial charge on any atom is -0.399 e. The molecule has 252 valence electrons. The molecule has 0 aliphatic carbocycles. The molecule has 0 atom stereocenters. The van der Waals surface area contributed by atoms with Crippen LogP contribution in [0.2, 0.25) is 0 Å². The summed E-state index contributed by atoms with van der Waals surface area (Å²) in [5, 5.41) is 4.05. The van der Waals surface area contributed by atoms with E-state index >= 15 is 0 Å². The van der Waals surface area contributed by atoms with Crippen LogP contribution in [0.15, 0.2) is 146 Å². The van der Waals surface area contributed by atoms with Crippen LogP contribution in [0, 0.1) is 20.8 Å². The van der Waals surface area contributed by atoms with E-state index in [-0.39, 0.29) is 0 Å². The van der Waals surface area contributed by atoms with Crippen LogP contribution >= 0.6 is 0 Å². The van der Waals surface area contributed by atoms with Crippen LogP contribution in [0.3, 0.4) is 0 Å². The SMILES string of the molecule is Cc1ccc(C2=c3ccc([nH]3)=C(c3ccc(C)cc3)c3ccc([nH]3)C(c3cccc(N)c3)=c3ccc([nH]3)=C(c3ccc(C)cc3)c3ccc2[nH]3)cc1. The molecule has 5 heterocycles. The number of nitrogens with one attached hydrogen (secondary N) is 4. The Morgan fingerprint density at radius 2 is 0.654 bits per heavy atom. The second kappa shape index (κ2) is 12.6. The van der Waals surface area contributed by atoms with E-state index in [1.165, 1.54) is 16.7 Å². The van der Waals surface area contributed by atoms with Crippen molar-refractivity contribution in [3.8, 4) is 0 Å². The molecule has 0 fully saturated rings. The second-order valence-corrected chi connectivity index (χ2v) is 13.9. The summed E-state index contributed by atoms with van der Waals surface area (Å²) in [6, 6.07) is 51.9. The third-order valence-corrected chi connectivity index (χ3v) is 10.1. The molecule has 4 aromatic carbocycles. The van der Waals surface area contributed by atoms with Gasteiger partial charge in [-0.3, -0.25) is 0 Å². The zero-order chi connectivity index (χ0) is 35.3. The number of aromatic amines is 4. The summed E-state index contributed by atoms with van der Waals surface area (Å²) in [6.45, 7) is 6.38. The Kier molecular flexibility index (Phi) is 7.55. The molecular weight excluding hydrogens is 635 g/mol. The van der Waals surface area contributed by atoms with Gasteiger partial charge in [-0.2, -0.15) is 0 Å². The van der Waals surface area contributed by atoms with Gasteiger partial charge in [-0.05, 0) is 104 Å². The highest BCUT2D eigenvalue weighted by Gasteiger charge is 2.18. The van der Waals surface area contributed by atoms with Gasteiger partial charge in [0, 0.05) is 72.2 Å². The predicted molar refractivity (Wildman–Crippen MR) is 213 cm³/mol. The molecule has 5 heteroatoms. The van der Waals surface area contributed by atoms with Crippen molar-refractivity contribution in [2.75, 3.05) is 5.73 Å². The fourth-order valence-electron chi connectivity index (χ4n) is 7.43. The fourth-order valence-corrected chi connectivity index (χ4v) is 7.43. The number of H-pyrrole nitrogens is 4. The molecule has 0 saturated carbocycles. The van der Waals surface area contributed by atoms with Gasteiger partial charge in [0.1, 0.15) is 0 Å². The monoisotopic (exact) mass is 673 g/mol. The summed E-state index contributed by atoms with van der Waals surface area (Å²) in [7, 11) is 0. The molecule has 0 saturated heterocycles. The number of anilines is 1. The molecule has 0 spiro atoms. The van der Waals surface area contributed by atoms with E-state index in [1.54, 1.807) is 0 Å². The Morgan fingerprint density at radius 3 is 0.981 bits per heavy atom. The third-order valence-electron chi connectivity index (χ3n) is 10.1. The lowest BCUT2D eigenvalue weighted by molar-refractivity contribution is 1.19. The van der Waals surface area contributed by atoms with Crippen LogP contribution in [0.25, 0.3) is 22.3 Å². The van der Waals surface area contributed by atoms with Crippen LogP contribution in [-0.2, 0) is 0 Å². The van der Waals surface area contributed by atoms with E-state index < -0.39 is 0 Å². The molecule has 8 aromatic rings. The molecule has 52 heavy (non-hydrogen) atoms. The number of aryl methyl sites for hydroxylation is 3. The number of benzene rings is 4. The minimum atomic E-state index is 0.716. The van der Waals surface area contributed by atoms with E-state index in [2.05, 4.69) is 168 Å². The highest BCUT2D eigenvalue weighted by atomic mass is 14.8. The quantitative estimate of drug-likeness (QED) is 0.131. The van der Waals surface area contributed by atoms with Gasteiger partial charge in [0.05, 0.1) is 0 Å². The van der Waals surface area contributed by atoms with Crippen molar-refractivity contribution < 1.29 is 0 Å². The standard InChI is InChI=1S/C47H39N5/c1-28-7-13-31(14-8-28)44-36-19-21-38(49-36)45(32-15-9-29(2)10-16-32)40-23-25-42(51-40)47(34-5-4-6-35(48)27-34)43-26-24-41(52-43)46(39-22-20-37(44)50-39)33-17-11-30(3)12-18-33/h4-27,49-52H,48H2,1-3H3. The van der Waals surface area contributed by atoms with Crippen molar-refractivity contribution in [1.29, 1.82) is 0 Å². The fraction of sp³-hybridized carbons (Fsp3) is 0.0638. The average Bonchev–Trinajstić information content (AvgIpc) is 3.98. The van der Waals surface area contributed by atoms with Gasteiger partial charge in [0.2, 0.25) is 0 Å². The van der Waals surface area contributed by atoms with Crippen molar-refractivity contribution in [3.63, 3.8) is 0 Å². The van der Waals surface area contributed by atoms with Gasteiger partial charge in [-0.1, -0.05) is 102 Å². The number of hydrogen-bond acceptors (Lipinski definition) is 1. The number of rotatable bonds is 4.